The lowest BCUT2D eigenvalue weighted by molar-refractivity contribution is 0.233. The van der Waals surface area contributed by atoms with E-state index in [1.54, 1.807) is 12.1 Å². The number of hydrogen-bond acceptors (Lipinski definition) is 3. The van der Waals surface area contributed by atoms with Gasteiger partial charge in [0, 0.05) is 29.1 Å². The number of carbonyl (C=O) groups excluding carboxylic acids is 1. The molecule has 2 rings (SSSR count). The van der Waals surface area contributed by atoms with Gasteiger partial charge < -0.3 is 15.7 Å². The molecule has 128 valence electrons. The van der Waals surface area contributed by atoms with Gasteiger partial charge in [0.25, 0.3) is 0 Å². The van der Waals surface area contributed by atoms with Crippen LogP contribution in [0, 0.1) is 0 Å². The van der Waals surface area contributed by atoms with Gasteiger partial charge in [-0.3, -0.25) is 4.21 Å². The summed E-state index contributed by atoms with van der Waals surface area (Å²) in [7, 11) is -0.864. The minimum atomic E-state index is -0.864. The Morgan fingerprint density at radius 2 is 1.96 bits per heavy atom. The van der Waals surface area contributed by atoms with Crippen molar-refractivity contribution < 1.29 is 14.1 Å². The fourth-order valence-electron chi connectivity index (χ4n) is 2.99. The predicted octanol–water partition coefficient (Wildman–Crippen LogP) is 2.31. The van der Waals surface area contributed by atoms with Crippen molar-refractivity contribution in [2.45, 2.75) is 50.3 Å². The Hall–Kier alpha value is -1.56. The first-order valence-corrected chi connectivity index (χ1v) is 9.67. The fraction of sp³-hybridized carbons (Fsp3) is 0.588. The Balaban J connectivity index is 1.76. The topological polar surface area (TPSA) is 78.4 Å². The zero-order chi connectivity index (χ0) is 16.7. The predicted molar refractivity (Wildman–Crippen MR) is 93.1 cm³/mol. The molecule has 1 aliphatic carbocycles. The second-order valence-corrected chi connectivity index (χ2v) is 7.86. The molecule has 1 saturated carbocycles. The number of phenols is 1. The Bertz CT molecular complexity index is 533. The Labute approximate surface area is 140 Å². The number of urea groups is 1. The van der Waals surface area contributed by atoms with Crippen LogP contribution in [0.1, 0.15) is 38.2 Å². The van der Waals surface area contributed by atoms with Crippen LogP contribution in [-0.2, 0) is 17.2 Å². The number of phenolic OH excluding ortho intramolecular Hbond substituents is 1. The number of rotatable bonds is 6. The van der Waals surface area contributed by atoms with Crippen molar-refractivity contribution in [2.75, 3.05) is 12.3 Å². The standard InChI is InChI=1S/C17H26N2O3S/c1-2-23(22)16-6-4-3-5-15(16)19-17(21)18-12-11-13-7-9-14(20)10-8-13/h7-10,15-16,20H,2-6,11-12H2,1H3,(H2,18,19,21)/t15-,16+,23+/m1/s1. The molecule has 0 saturated heterocycles. The third-order valence-electron chi connectivity index (χ3n) is 4.28. The maximum absolute atomic E-state index is 12.1. The summed E-state index contributed by atoms with van der Waals surface area (Å²) in [6.45, 7) is 2.46. The van der Waals surface area contributed by atoms with E-state index in [4.69, 9.17) is 0 Å². The molecule has 6 heteroatoms. The van der Waals surface area contributed by atoms with Crippen molar-refractivity contribution in [3.63, 3.8) is 0 Å². The summed E-state index contributed by atoms with van der Waals surface area (Å²) in [5.41, 5.74) is 1.06. The zero-order valence-corrected chi connectivity index (χ0v) is 14.4. The second kappa shape index (κ2) is 8.91. The number of amides is 2. The van der Waals surface area contributed by atoms with Crippen LogP contribution in [0.4, 0.5) is 4.79 Å². The minimum absolute atomic E-state index is 0.0122. The summed E-state index contributed by atoms with van der Waals surface area (Å²) in [5.74, 6) is 0.886. The molecule has 5 nitrogen and oxygen atoms in total. The first-order valence-electron chi connectivity index (χ1n) is 8.29. The minimum Gasteiger partial charge on any atom is -0.508 e. The van der Waals surface area contributed by atoms with Crippen LogP contribution < -0.4 is 10.6 Å². The molecule has 0 unspecified atom stereocenters. The smallest absolute Gasteiger partial charge is 0.315 e. The normalized spacial score (nSPS) is 22.3. The first kappa shape index (κ1) is 17.8. The molecular formula is C17H26N2O3S. The van der Waals surface area contributed by atoms with Crippen molar-refractivity contribution in [1.29, 1.82) is 0 Å². The summed E-state index contributed by atoms with van der Waals surface area (Å²) >= 11 is 0. The molecule has 1 aromatic rings. The van der Waals surface area contributed by atoms with Crippen LogP contribution in [0.15, 0.2) is 24.3 Å². The molecular weight excluding hydrogens is 312 g/mol. The van der Waals surface area contributed by atoms with Gasteiger partial charge in [-0.15, -0.1) is 0 Å². The van der Waals surface area contributed by atoms with E-state index in [2.05, 4.69) is 10.6 Å². The highest BCUT2D eigenvalue weighted by molar-refractivity contribution is 7.85. The molecule has 0 bridgehead atoms. The summed E-state index contributed by atoms with van der Waals surface area (Å²) in [6.07, 6.45) is 4.72. The average Bonchev–Trinajstić information content (AvgIpc) is 2.56. The number of nitrogens with one attached hydrogen (secondary N) is 2. The average molecular weight is 338 g/mol. The van der Waals surface area contributed by atoms with Gasteiger partial charge >= 0.3 is 6.03 Å². The molecule has 0 radical (unpaired) electrons. The van der Waals surface area contributed by atoms with Gasteiger partial charge in [0.2, 0.25) is 0 Å². The van der Waals surface area contributed by atoms with Gasteiger partial charge in [-0.05, 0) is 37.0 Å². The largest absolute Gasteiger partial charge is 0.508 e. The Morgan fingerprint density at radius 1 is 1.26 bits per heavy atom. The number of benzene rings is 1. The van der Waals surface area contributed by atoms with Gasteiger partial charge in [-0.1, -0.05) is 31.9 Å². The van der Waals surface area contributed by atoms with E-state index >= 15 is 0 Å². The number of hydrogen-bond donors (Lipinski definition) is 3. The van der Waals surface area contributed by atoms with Crippen LogP contribution in [0.2, 0.25) is 0 Å². The van der Waals surface area contributed by atoms with Crippen molar-refractivity contribution in [3.8, 4) is 5.75 Å². The van der Waals surface area contributed by atoms with Crippen molar-refractivity contribution in [1.82, 2.24) is 10.6 Å². The van der Waals surface area contributed by atoms with Crippen LogP contribution in [-0.4, -0.2) is 38.9 Å². The van der Waals surface area contributed by atoms with Gasteiger partial charge in [0.15, 0.2) is 0 Å². The molecule has 0 spiro atoms. The van der Waals surface area contributed by atoms with Crippen molar-refractivity contribution in [2.24, 2.45) is 0 Å². The lowest BCUT2D eigenvalue weighted by atomic mass is 9.95. The monoisotopic (exact) mass is 338 g/mol. The van der Waals surface area contributed by atoms with E-state index in [1.165, 1.54) is 0 Å². The molecule has 2 amide bonds. The summed E-state index contributed by atoms with van der Waals surface area (Å²) in [6, 6.07) is 6.80. The number of aromatic hydroxyl groups is 1. The lowest BCUT2D eigenvalue weighted by Gasteiger charge is -2.31. The van der Waals surface area contributed by atoms with Crippen LogP contribution in [0.5, 0.6) is 5.75 Å². The highest BCUT2D eigenvalue weighted by Gasteiger charge is 2.30. The summed E-state index contributed by atoms with van der Waals surface area (Å²) in [4.78, 5) is 12.1. The quantitative estimate of drug-likeness (QED) is 0.745. The van der Waals surface area contributed by atoms with Crippen molar-refractivity contribution >= 4 is 16.8 Å². The maximum Gasteiger partial charge on any atom is 0.315 e. The third-order valence-corrected chi connectivity index (χ3v) is 6.09. The lowest BCUT2D eigenvalue weighted by Crippen LogP contribution is -2.50. The van der Waals surface area contributed by atoms with Gasteiger partial charge in [0.1, 0.15) is 5.75 Å². The van der Waals surface area contributed by atoms with E-state index in [0.717, 1.165) is 31.2 Å². The molecule has 0 heterocycles. The highest BCUT2D eigenvalue weighted by Crippen LogP contribution is 2.23. The molecule has 1 fully saturated rings. The Kier molecular flexibility index (Phi) is 6.89. The van der Waals surface area contributed by atoms with E-state index in [0.29, 0.717) is 18.7 Å². The highest BCUT2D eigenvalue weighted by atomic mass is 32.2. The maximum atomic E-state index is 12.1. The van der Waals surface area contributed by atoms with Crippen LogP contribution >= 0.6 is 0 Å². The molecule has 0 aromatic heterocycles. The molecule has 3 atom stereocenters. The first-order chi connectivity index (χ1) is 11.1. The molecule has 23 heavy (non-hydrogen) atoms. The Morgan fingerprint density at radius 3 is 2.65 bits per heavy atom. The third kappa shape index (κ3) is 5.53. The van der Waals surface area contributed by atoms with E-state index in [-0.39, 0.29) is 23.1 Å². The van der Waals surface area contributed by atoms with Gasteiger partial charge in [-0.2, -0.15) is 0 Å². The molecule has 1 aliphatic rings. The summed E-state index contributed by atoms with van der Waals surface area (Å²) in [5, 5.41) is 15.2. The molecule has 3 N–H and O–H groups in total. The number of carbonyl (C=O) groups is 1. The van der Waals surface area contributed by atoms with E-state index < -0.39 is 10.8 Å². The fourth-order valence-corrected chi connectivity index (χ4v) is 4.42. The van der Waals surface area contributed by atoms with E-state index in [9.17, 15) is 14.1 Å². The zero-order valence-electron chi connectivity index (χ0n) is 13.6. The SMILES string of the molecule is CC[S@](=O)[C@H]1CCCC[C@H]1NC(=O)NCCc1ccc(O)cc1. The molecule has 0 aliphatic heterocycles. The molecule has 1 aromatic carbocycles. The van der Waals surface area contributed by atoms with Crippen LogP contribution in [0.25, 0.3) is 0 Å². The van der Waals surface area contributed by atoms with Gasteiger partial charge in [-0.25, -0.2) is 4.79 Å². The van der Waals surface area contributed by atoms with Gasteiger partial charge in [0.05, 0.1) is 5.25 Å². The van der Waals surface area contributed by atoms with Crippen LogP contribution in [0.3, 0.4) is 0 Å². The van der Waals surface area contributed by atoms with E-state index in [1.807, 2.05) is 19.1 Å². The summed E-state index contributed by atoms with van der Waals surface area (Å²) < 4.78 is 12.1. The second-order valence-electron chi connectivity index (χ2n) is 5.92. The van der Waals surface area contributed by atoms with Crippen molar-refractivity contribution in [3.05, 3.63) is 29.8 Å².